The summed E-state index contributed by atoms with van der Waals surface area (Å²) >= 11 is 0. The fourth-order valence-electron chi connectivity index (χ4n) is 1.91. The molecule has 0 saturated heterocycles. The summed E-state index contributed by atoms with van der Waals surface area (Å²) in [4.78, 5) is 0. The van der Waals surface area contributed by atoms with Crippen molar-refractivity contribution in [1.82, 2.24) is 9.78 Å². The number of aryl methyl sites for hydroxylation is 2. The Hall–Kier alpha value is -1.57. The minimum absolute atomic E-state index is 0.141. The molecule has 0 atom stereocenters. The van der Waals surface area contributed by atoms with E-state index in [2.05, 4.69) is 57.1 Å². The maximum absolute atomic E-state index is 4.50. The zero-order valence-corrected chi connectivity index (χ0v) is 11.2. The van der Waals surface area contributed by atoms with E-state index >= 15 is 0 Å². The van der Waals surface area contributed by atoms with Gasteiger partial charge in [-0.3, -0.25) is 0 Å². The molecule has 0 aliphatic heterocycles. The molecule has 2 heteroatoms. The number of hydrogen-bond donors (Lipinski definition) is 0. The average molecular weight is 227 g/mol. The van der Waals surface area contributed by atoms with E-state index < -0.39 is 0 Å². The Balaban J connectivity index is 2.50. The van der Waals surface area contributed by atoms with Gasteiger partial charge < -0.3 is 0 Å². The van der Waals surface area contributed by atoms with Crippen molar-refractivity contribution in [2.24, 2.45) is 0 Å². The number of rotatable bonds is 1. The summed E-state index contributed by atoms with van der Waals surface area (Å²) in [5.41, 5.74) is 4.71. The van der Waals surface area contributed by atoms with Gasteiger partial charge in [-0.15, -0.1) is 0 Å². The molecule has 0 aliphatic carbocycles. The summed E-state index contributed by atoms with van der Waals surface area (Å²) in [5, 5.41) is 4.50. The molecule has 2 nitrogen and oxygen atoms in total. The van der Waals surface area contributed by atoms with Crippen molar-refractivity contribution in [3.8, 4) is 5.69 Å². The minimum Gasteiger partial charge on any atom is -0.238 e. The van der Waals surface area contributed by atoms with Gasteiger partial charge in [0.15, 0.2) is 0 Å². The Bertz CT molecular complexity index is 530. The number of hydrogen-bond acceptors (Lipinski definition) is 1. The first kappa shape index (κ1) is 11.9. The molecule has 89 valence electrons. The predicted molar refractivity (Wildman–Crippen MR) is 70.6 cm³/mol. The van der Waals surface area contributed by atoms with Gasteiger partial charge in [-0.2, -0.15) is 5.10 Å². The van der Waals surface area contributed by atoms with E-state index in [0.717, 1.165) is 17.1 Å². The average Bonchev–Trinajstić information content (AvgIpc) is 2.57. The van der Waals surface area contributed by atoms with Crippen molar-refractivity contribution in [2.45, 2.75) is 40.0 Å². The maximum Gasteiger partial charge on any atom is 0.0657 e. The standard InChI is InChI=1S/C15H19N2/c1-11-9-12(2)17(16-11)14-8-6-7-13(10-14)15(3,4)5/h7-10H,1-5H3. The number of nitrogens with zero attached hydrogens (tertiary/aromatic N) is 2. The van der Waals surface area contributed by atoms with Gasteiger partial charge in [-0.1, -0.05) is 26.8 Å². The van der Waals surface area contributed by atoms with Gasteiger partial charge in [0.2, 0.25) is 0 Å². The summed E-state index contributed by atoms with van der Waals surface area (Å²) < 4.78 is 1.97. The van der Waals surface area contributed by atoms with Crippen molar-refractivity contribution < 1.29 is 0 Å². The van der Waals surface area contributed by atoms with E-state index in [1.165, 1.54) is 5.56 Å². The summed E-state index contributed by atoms with van der Waals surface area (Å²) in [6, 6.07) is 11.5. The zero-order valence-electron chi connectivity index (χ0n) is 11.2. The molecule has 0 spiro atoms. The second-order valence-corrected chi connectivity index (χ2v) is 5.57. The van der Waals surface area contributed by atoms with Crippen molar-refractivity contribution >= 4 is 0 Å². The van der Waals surface area contributed by atoms with Crippen LogP contribution in [0.4, 0.5) is 0 Å². The molecule has 0 aliphatic rings. The quantitative estimate of drug-likeness (QED) is 0.728. The molecule has 0 bridgehead atoms. The fraction of sp³-hybridized carbons (Fsp3) is 0.400. The zero-order chi connectivity index (χ0) is 12.6. The monoisotopic (exact) mass is 227 g/mol. The van der Waals surface area contributed by atoms with Crippen LogP contribution in [0.3, 0.4) is 0 Å². The molecule has 0 fully saturated rings. The maximum atomic E-state index is 4.50. The highest BCUT2D eigenvalue weighted by molar-refractivity contribution is 5.38. The van der Waals surface area contributed by atoms with Crippen LogP contribution in [-0.4, -0.2) is 9.78 Å². The van der Waals surface area contributed by atoms with Crippen LogP contribution in [0.15, 0.2) is 24.3 Å². The molecule has 1 aromatic heterocycles. The second-order valence-electron chi connectivity index (χ2n) is 5.57. The van der Waals surface area contributed by atoms with Gasteiger partial charge in [0.05, 0.1) is 11.4 Å². The summed E-state index contributed by atoms with van der Waals surface area (Å²) in [7, 11) is 0. The van der Waals surface area contributed by atoms with Crippen molar-refractivity contribution in [2.75, 3.05) is 0 Å². The first-order valence-corrected chi connectivity index (χ1v) is 5.93. The van der Waals surface area contributed by atoms with E-state index in [-0.39, 0.29) is 5.41 Å². The molecule has 1 aromatic carbocycles. The first-order valence-electron chi connectivity index (χ1n) is 5.93. The molecular formula is C15H19N2. The SMILES string of the molecule is Cc1cc(C)n(-c2c[c]cc(C(C)(C)C)c2)n1. The predicted octanol–water partition coefficient (Wildman–Crippen LogP) is 3.59. The van der Waals surface area contributed by atoms with Gasteiger partial charge in [-0.05, 0) is 49.1 Å². The van der Waals surface area contributed by atoms with Crippen LogP contribution in [0.2, 0.25) is 0 Å². The summed E-state index contributed by atoms with van der Waals surface area (Å²) in [6.45, 7) is 10.7. The third-order valence-electron chi connectivity index (χ3n) is 2.89. The third kappa shape index (κ3) is 2.41. The van der Waals surface area contributed by atoms with Crippen molar-refractivity contribution in [1.29, 1.82) is 0 Å². The summed E-state index contributed by atoms with van der Waals surface area (Å²) in [6.07, 6.45) is 0. The van der Waals surface area contributed by atoms with Gasteiger partial charge in [0.25, 0.3) is 0 Å². The van der Waals surface area contributed by atoms with Crippen LogP contribution in [0.25, 0.3) is 5.69 Å². The molecule has 1 radical (unpaired) electrons. The molecule has 0 saturated carbocycles. The van der Waals surface area contributed by atoms with E-state index in [0.29, 0.717) is 0 Å². The largest absolute Gasteiger partial charge is 0.238 e. The van der Waals surface area contributed by atoms with E-state index in [1.54, 1.807) is 0 Å². The molecule has 0 amide bonds. The van der Waals surface area contributed by atoms with Crippen molar-refractivity contribution in [3.05, 3.63) is 47.3 Å². The van der Waals surface area contributed by atoms with Gasteiger partial charge in [0.1, 0.15) is 0 Å². The number of aromatic nitrogens is 2. The first-order chi connectivity index (χ1) is 7.88. The molecule has 0 N–H and O–H groups in total. The van der Waals surface area contributed by atoms with E-state index in [4.69, 9.17) is 0 Å². The normalized spacial score (nSPS) is 11.8. The van der Waals surface area contributed by atoms with E-state index in [9.17, 15) is 0 Å². The number of benzene rings is 1. The van der Waals surface area contributed by atoms with Crippen LogP contribution in [0, 0.1) is 19.9 Å². The smallest absolute Gasteiger partial charge is 0.0657 e. The lowest BCUT2D eigenvalue weighted by molar-refractivity contribution is 0.589. The lowest BCUT2D eigenvalue weighted by atomic mass is 9.87. The Kier molecular flexibility index (Phi) is 2.82. The lowest BCUT2D eigenvalue weighted by Gasteiger charge is -2.19. The molecule has 17 heavy (non-hydrogen) atoms. The van der Waals surface area contributed by atoms with Crippen LogP contribution >= 0.6 is 0 Å². The Morgan fingerprint density at radius 3 is 2.35 bits per heavy atom. The van der Waals surface area contributed by atoms with Crippen LogP contribution in [0.1, 0.15) is 37.7 Å². The minimum atomic E-state index is 0.141. The Labute approximate surface area is 103 Å². The van der Waals surface area contributed by atoms with Gasteiger partial charge in [0, 0.05) is 5.69 Å². The van der Waals surface area contributed by atoms with Crippen LogP contribution < -0.4 is 0 Å². The van der Waals surface area contributed by atoms with Crippen LogP contribution in [0.5, 0.6) is 0 Å². The highest BCUT2D eigenvalue weighted by Gasteiger charge is 2.14. The third-order valence-corrected chi connectivity index (χ3v) is 2.89. The van der Waals surface area contributed by atoms with E-state index in [1.807, 2.05) is 17.7 Å². The van der Waals surface area contributed by atoms with Gasteiger partial charge >= 0.3 is 0 Å². The van der Waals surface area contributed by atoms with Crippen LogP contribution in [-0.2, 0) is 5.41 Å². The topological polar surface area (TPSA) is 17.8 Å². The molecule has 2 rings (SSSR count). The highest BCUT2D eigenvalue weighted by Crippen LogP contribution is 2.24. The molecular weight excluding hydrogens is 208 g/mol. The van der Waals surface area contributed by atoms with Gasteiger partial charge in [-0.25, -0.2) is 4.68 Å². The fourth-order valence-corrected chi connectivity index (χ4v) is 1.91. The summed E-state index contributed by atoms with van der Waals surface area (Å²) in [5.74, 6) is 0. The van der Waals surface area contributed by atoms with Crippen molar-refractivity contribution in [3.63, 3.8) is 0 Å². The lowest BCUT2D eigenvalue weighted by Crippen LogP contribution is -2.12. The highest BCUT2D eigenvalue weighted by atomic mass is 15.3. The molecule has 2 aromatic rings. The molecule has 0 unspecified atom stereocenters. The second kappa shape index (κ2) is 4.02. The Morgan fingerprint density at radius 2 is 1.82 bits per heavy atom. The Morgan fingerprint density at radius 1 is 1.12 bits per heavy atom. The molecule has 1 heterocycles.